The van der Waals surface area contributed by atoms with E-state index in [1.807, 2.05) is 6.92 Å². The third-order valence-electron chi connectivity index (χ3n) is 3.39. The Morgan fingerprint density at radius 2 is 2.16 bits per heavy atom. The van der Waals surface area contributed by atoms with Gasteiger partial charge in [0.25, 0.3) is 0 Å². The maximum Gasteiger partial charge on any atom is 0.309 e. The predicted octanol–water partition coefficient (Wildman–Crippen LogP) is 2.99. The van der Waals surface area contributed by atoms with Gasteiger partial charge in [-0.2, -0.15) is 0 Å². The number of carboxylic acids is 1. The number of carbonyl (C=O) groups is 2. The Hall–Kier alpha value is -1.26. The maximum atomic E-state index is 11.9. The monoisotopic (exact) mass is 301 g/mol. The van der Waals surface area contributed by atoms with Crippen LogP contribution in [0.25, 0.3) is 0 Å². The fourth-order valence-electron chi connectivity index (χ4n) is 2.52. The molecule has 19 heavy (non-hydrogen) atoms. The number of rotatable bonds is 3. The van der Waals surface area contributed by atoms with Gasteiger partial charge in [-0.05, 0) is 18.6 Å². The van der Waals surface area contributed by atoms with E-state index in [0.29, 0.717) is 22.2 Å². The van der Waals surface area contributed by atoms with Crippen molar-refractivity contribution in [2.75, 3.05) is 6.54 Å². The van der Waals surface area contributed by atoms with E-state index in [9.17, 15) is 14.7 Å². The summed E-state index contributed by atoms with van der Waals surface area (Å²) in [6.45, 7) is 2.25. The molecule has 0 aliphatic carbocycles. The molecule has 0 saturated carbocycles. The average molecular weight is 302 g/mol. The number of hydrogen-bond acceptors (Lipinski definition) is 2. The van der Waals surface area contributed by atoms with Crippen molar-refractivity contribution in [3.05, 3.63) is 33.8 Å². The molecule has 1 aliphatic heterocycles. The molecule has 0 aromatic heterocycles. The molecule has 1 fully saturated rings. The number of carbonyl (C=O) groups excluding carboxylic acids is 1. The number of likely N-dealkylation sites (tertiary alicyclic amines) is 1. The second-order valence-electron chi connectivity index (χ2n) is 4.42. The Labute approximate surface area is 120 Å². The van der Waals surface area contributed by atoms with Crippen molar-refractivity contribution in [2.24, 2.45) is 5.92 Å². The topological polar surface area (TPSA) is 57.6 Å². The molecular weight excluding hydrogens is 289 g/mol. The minimum absolute atomic E-state index is 0.00329. The van der Waals surface area contributed by atoms with Gasteiger partial charge in [0.2, 0.25) is 5.91 Å². The smallest absolute Gasteiger partial charge is 0.309 e. The van der Waals surface area contributed by atoms with E-state index in [4.69, 9.17) is 23.2 Å². The Morgan fingerprint density at radius 1 is 1.47 bits per heavy atom. The second-order valence-corrected chi connectivity index (χ2v) is 5.20. The fourth-order valence-corrected chi connectivity index (χ4v) is 2.94. The van der Waals surface area contributed by atoms with Gasteiger partial charge in [-0.25, -0.2) is 0 Å². The molecule has 6 heteroatoms. The number of carboxylic acid groups (broad SMARTS) is 1. The molecule has 1 aromatic carbocycles. The van der Waals surface area contributed by atoms with Gasteiger partial charge in [-0.15, -0.1) is 0 Å². The third kappa shape index (κ3) is 2.42. The van der Waals surface area contributed by atoms with Crippen molar-refractivity contribution in [1.82, 2.24) is 4.90 Å². The molecule has 1 N–H and O–H groups in total. The molecule has 2 atom stereocenters. The first-order valence-corrected chi connectivity index (χ1v) is 6.69. The Bertz CT molecular complexity index is 533. The lowest BCUT2D eigenvalue weighted by Gasteiger charge is -2.27. The van der Waals surface area contributed by atoms with Crippen LogP contribution in [0, 0.1) is 5.92 Å². The van der Waals surface area contributed by atoms with Crippen molar-refractivity contribution in [2.45, 2.75) is 19.4 Å². The third-order valence-corrected chi connectivity index (χ3v) is 4.22. The summed E-state index contributed by atoms with van der Waals surface area (Å²) in [6.07, 6.45) is -0.00329. The van der Waals surface area contributed by atoms with Crippen LogP contribution in [0.4, 0.5) is 0 Å². The van der Waals surface area contributed by atoms with Gasteiger partial charge in [-0.3, -0.25) is 9.59 Å². The lowest BCUT2D eigenvalue weighted by atomic mass is 9.93. The van der Waals surface area contributed by atoms with Crippen LogP contribution < -0.4 is 0 Å². The first-order chi connectivity index (χ1) is 8.97. The predicted molar refractivity (Wildman–Crippen MR) is 72.3 cm³/mol. The second kappa shape index (κ2) is 5.39. The summed E-state index contributed by atoms with van der Waals surface area (Å²) in [6, 6.07) is 4.51. The SMILES string of the molecule is CCN1C(=O)CC(C(=O)O)C1c1cccc(Cl)c1Cl. The largest absolute Gasteiger partial charge is 0.481 e. The number of halogens is 2. The summed E-state index contributed by atoms with van der Waals surface area (Å²) in [7, 11) is 0. The van der Waals surface area contributed by atoms with E-state index in [0.717, 1.165) is 0 Å². The van der Waals surface area contributed by atoms with Crippen LogP contribution in [-0.2, 0) is 9.59 Å². The minimum atomic E-state index is -0.995. The van der Waals surface area contributed by atoms with Crippen LogP contribution in [0.5, 0.6) is 0 Å². The summed E-state index contributed by atoms with van der Waals surface area (Å²) < 4.78 is 0. The number of benzene rings is 1. The number of nitrogens with zero attached hydrogens (tertiary/aromatic N) is 1. The summed E-state index contributed by atoms with van der Waals surface area (Å²) in [4.78, 5) is 24.8. The Kier molecular flexibility index (Phi) is 4.02. The quantitative estimate of drug-likeness (QED) is 0.934. The molecule has 4 nitrogen and oxygen atoms in total. The molecule has 0 bridgehead atoms. The van der Waals surface area contributed by atoms with Crippen LogP contribution in [0.1, 0.15) is 24.9 Å². The van der Waals surface area contributed by atoms with E-state index in [2.05, 4.69) is 0 Å². The summed E-state index contributed by atoms with van der Waals surface area (Å²) in [5.41, 5.74) is 0.592. The van der Waals surface area contributed by atoms with Gasteiger partial charge >= 0.3 is 5.97 Å². The van der Waals surface area contributed by atoms with Gasteiger partial charge in [-0.1, -0.05) is 35.3 Å². The van der Waals surface area contributed by atoms with Gasteiger partial charge in [0.15, 0.2) is 0 Å². The summed E-state index contributed by atoms with van der Waals surface area (Å²) in [5, 5.41) is 9.95. The normalized spacial score (nSPS) is 22.9. The van der Waals surface area contributed by atoms with Gasteiger partial charge in [0.1, 0.15) is 0 Å². The van der Waals surface area contributed by atoms with Crippen LogP contribution in [-0.4, -0.2) is 28.4 Å². The highest BCUT2D eigenvalue weighted by atomic mass is 35.5. The van der Waals surface area contributed by atoms with Crippen LogP contribution >= 0.6 is 23.2 Å². The summed E-state index contributed by atoms with van der Waals surface area (Å²) >= 11 is 12.1. The zero-order valence-electron chi connectivity index (χ0n) is 10.3. The molecule has 1 heterocycles. The molecule has 0 spiro atoms. The molecule has 2 unspecified atom stereocenters. The molecule has 1 aliphatic rings. The van der Waals surface area contributed by atoms with E-state index >= 15 is 0 Å². The van der Waals surface area contributed by atoms with E-state index in [-0.39, 0.29) is 12.3 Å². The molecule has 0 radical (unpaired) electrons. The van der Waals surface area contributed by atoms with E-state index in [1.54, 1.807) is 18.2 Å². The van der Waals surface area contributed by atoms with E-state index < -0.39 is 17.9 Å². The molecular formula is C13H13Cl2NO3. The maximum absolute atomic E-state index is 11.9. The lowest BCUT2D eigenvalue weighted by Crippen LogP contribution is -2.30. The molecule has 2 rings (SSSR count). The highest BCUT2D eigenvalue weighted by Gasteiger charge is 2.44. The van der Waals surface area contributed by atoms with Gasteiger partial charge in [0, 0.05) is 13.0 Å². The lowest BCUT2D eigenvalue weighted by molar-refractivity contribution is -0.142. The van der Waals surface area contributed by atoms with Crippen molar-refractivity contribution in [1.29, 1.82) is 0 Å². The highest BCUT2D eigenvalue weighted by molar-refractivity contribution is 6.42. The zero-order chi connectivity index (χ0) is 14.2. The first kappa shape index (κ1) is 14.2. The number of amides is 1. The van der Waals surface area contributed by atoms with Crippen molar-refractivity contribution in [3.8, 4) is 0 Å². The van der Waals surface area contributed by atoms with Crippen LogP contribution in [0.2, 0.25) is 10.0 Å². The van der Waals surface area contributed by atoms with Gasteiger partial charge in [0.05, 0.1) is 22.0 Å². The fraction of sp³-hybridized carbons (Fsp3) is 0.385. The van der Waals surface area contributed by atoms with Crippen LogP contribution in [0.15, 0.2) is 18.2 Å². The minimum Gasteiger partial charge on any atom is -0.481 e. The zero-order valence-corrected chi connectivity index (χ0v) is 11.8. The first-order valence-electron chi connectivity index (χ1n) is 5.93. The number of hydrogen-bond donors (Lipinski definition) is 1. The Morgan fingerprint density at radius 3 is 2.74 bits per heavy atom. The number of aliphatic carboxylic acids is 1. The van der Waals surface area contributed by atoms with Crippen molar-refractivity contribution < 1.29 is 14.7 Å². The van der Waals surface area contributed by atoms with Gasteiger partial charge < -0.3 is 10.0 Å². The van der Waals surface area contributed by atoms with E-state index in [1.165, 1.54) is 4.90 Å². The van der Waals surface area contributed by atoms with Crippen LogP contribution in [0.3, 0.4) is 0 Å². The standard InChI is InChI=1S/C13H13Cl2NO3/c1-2-16-10(17)6-8(13(18)19)12(16)7-4-3-5-9(14)11(7)15/h3-5,8,12H,2,6H2,1H3,(H,18,19). The Balaban J connectivity index is 2.51. The highest BCUT2D eigenvalue weighted by Crippen LogP contribution is 2.42. The summed E-state index contributed by atoms with van der Waals surface area (Å²) in [5.74, 6) is -1.95. The molecule has 102 valence electrons. The molecule has 1 saturated heterocycles. The van der Waals surface area contributed by atoms with Crippen molar-refractivity contribution in [3.63, 3.8) is 0 Å². The van der Waals surface area contributed by atoms with Crippen molar-refractivity contribution >= 4 is 35.1 Å². The molecule has 1 amide bonds. The average Bonchev–Trinajstić information content (AvgIpc) is 2.69. The molecule has 1 aromatic rings.